The first kappa shape index (κ1) is 12.2. The Balaban J connectivity index is 2.76. The van der Waals surface area contributed by atoms with Gasteiger partial charge in [0, 0.05) is 14.2 Å². The molecule has 15 heavy (non-hydrogen) atoms. The van der Waals surface area contributed by atoms with Gasteiger partial charge >= 0.3 is 0 Å². The molecule has 3 heteroatoms. The third-order valence-corrected chi connectivity index (χ3v) is 2.45. The van der Waals surface area contributed by atoms with Crippen molar-refractivity contribution in [3.8, 4) is 0 Å². The Morgan fingerprint density at radius 3 is 2.07 bits per heavy atom. The molecule has 0 saturated heterocycles. The highest BCUT2D eigenvalue weighted by Gasteiger charge is 2.19. The van der Waals surface area contributed by atoms with Gasteiger partial charge in [0.15, 0.2) is 6.29 Å². The second-order valence-electron chi connectivity index (χ2n) is 3.38. The molecular formula is C12H18O3. The summed E-state index contributed by atoms with van der Waals surface area (Å²) in [5, 5.41) is 9.89. The lowest BCUT2D eigenvalue weighted by molar-refractivity contribution is -0.166. The van der Waals surface area contributed by atoms with Crippen molar-refractivity contribution in [1.82, 2.24) is 0 Å². The second-order valence-corrected chi connectivity index (χ2v) is 3.38. The normalized spacial score (nSPS) is 13.1. The van der Waals surface area contributed by atoms with Gasteiger partial charge in [0.1, 0.15) is 6.10 Å². The van der Waals surface area contributed by atoms with Gasteiger partial charge in [-0.15, -0.1) is 0 Å². The summed E-state index contributed by atoms with van der Waals surface area (Å²) >= 11 is 0. The summed E-state index contributed by atoms with van der Waals surface area (Å²) in [5.74, 6) is 0. The van der Waals surface area contributed by atoms with Crippen molar-refractivity contribution in [2.24, 2.45) is 0 Å². The fourth-order valence-corrected chi connectivity index (χ4v) is 1.46. The van der Waals surface area contributed by atoms with Crippen LogP contribution in [0.25, 0.3) is 0 Å². The van der Waals surface area contributed by atoms with Crippen molar-refractivity contribution >= 4 is 0 Å². The molecule has 0 aliphatic heterocycles. The van der Waals surface area contributed by atoms with Crippen LogP contribution in [-0.2, 0) is 15.9 Å². The molecule has 0 heterocycles. The van der Waals surface area contributed by atoms with Gasteiger partial charge in [0.25, 0.3) is 0 Å². The molecule has 1 unspecified atom stereocenters. The fraction of sp³-hybridized carbons (Fsp3) is 0.500. The molecule has 1 aromatic rings. The largest absolute Gasteiger partial charge is 0.383 e. The summed E-state index contributed by atoms with van der Waals surface area (Å²) in [6.45, 7) is 2.10. The minimum Gasteiger partial charge on any atom is -0.383 e. The predicted molar refractivity (Wildman–Crippen MR) is 58.6 cm³/mol. The Hall–Kier alpha value is -0.900. The molecule has 0 aromatic heterocycles. The molecule has 0 radical (unpaired) electrons. The van der Waals surface area contributed by atoms with Crippen molar-refractivity contribution in [3.63, 3.8) is 0 Å². The highest BCUT2D eigenvalue weighted by Crippen LogP contribution is 2.19. The summed E-state index contributed by atoms with van der Waals surface area (Å²) in [7, 11) is 3.02. The first-order chi connectivity index (χ1) is 7.22. The van der Waals surface area contributed by atoms with Gasteiger partial charge in [-0.3, -0.25) is 0 Å². The van der Waals surface area contributed by atoms with E-state index in [9.17, 15) is 5.11 Å². The Kier molecular flexibility index (Phi) is 4.75. The predicted octanol–water partition coefficient (Wildman–Crippen LogP) is 1.90. The summed E-state index contributed by atoms with van der Waals surface area (Å²) < 4.78 is 10.0. The summed E-state index contributed by atoms with van der Waals surface area (Å²) in [6, 6.07) is 7.80. The molecule has 0 aliphatic carbocycles. The van der Waals surface area contributed by atoms with Crippen LogP contribution < -0.4 is 0 Å². The standard InChI is InChI=1S/C12H18O3/c1-4-9-5-7-10(8-6-9)11(13)12(14-2)15-3/h5-8,11-13H,4H2,1-3H3. The van der Waals surface area contributed by atoms with E-state index in [2.05, 4.69) is 6.92 Å². The molecule has 1 N–H and O–H groups in total. The molecule has 1 atom stereocenters. The van der Waals surface area contributed by atoms with Crippen molar-refractivity contribution < 1.29 is 14.6 Å². The number of hydrogen-bond donors (Lipinski definition) is 1. The van der Waals surface area contributed by atoms with Crippen LogP contribution in [-0.4, -0.2) is 25.6 Å². The molecule has 84 valence electrons. The zero-order valence-corrected chi connectivity index (χ0v) is 9.43. The van der Waals surface area contributed by atoms with E-state index >= 15 is 0 Å². The number of ether oxygens (including phenoxy) is 2. The average Bonchev–Trinajstić information content (AvgIpc) is 2.30. The van der Waals surface area contributed by atoms with Crippen LogP contribution in [0.5, 0.6) is 0 Å². The number of rotatable bonds is 5. The van der Waals surface area contributed by atoms with Crippen LogP contribution in [0.1, 0.15) is 24.2 Å². The van der Waals surface area contributed by atoms with Crippen LogP contribution in [0.4, 0.5) is 0 Å². The van der Waals surface area contributed by atoms with Crippen LogP contribution >= 0.6 is 0 Å². The number of aryl methyl sites for hydroxylation is 1. The lowest BCUT2D eigenvalue weighted by Crippen LogP contribution is -2.22. The van der Waals surface area contributed by atoms with Crippen LogP contribution in [0, 0.1) is 0 Å². The molecule has 1 aromatic carbocycles. The van der Waals surface area contributed by atoms with Gasteiger partial charge in [-0.05, 0) is 17.5 Å². The van der Waals surface area contributed by atoms with Gasteiger partial charge < -0.3 is 14.6 Å². The Morgan fingerprint density at radius 2 is 1.67 bits per heavy atom. The van der Waals surface area contributed by atoms with E-state index in [-0.39, 0.29) is 0 Å². The van der Waals surface area contributed by atoms with Crippen molar-refractivity contribution in [2.45, 2.75) is 25.7 Å². The number of aliphatic hydroxyl groups excluding tert-OH is 1. The van der Waals surface area contributed by atoms with Crippen LogP contribution in [0.15, 0.2) is 24.3 Å². The molecule has 0 bridgehead atoms. The third-order valence-electron chi connectivity index (χ3n) is 2.45. The topological polar surface area (TPSA) is 38.7 Å². The maximum Gasteiger partial charge on any atom is 0.187 e. The first-order valence-corrected chi connectivity index (χ1v) is 5.05. The average molecular weight is 210 g/mol. The molecule has 0 amide bonds. The third kappa shape index (κ3) is 3.02. The van der Waals surface area contributed by atoms with Gasteiger partial charge in [-0.25, -0.2) is 0 Å². The Morgan fingerprint density at radius 1 is 1.13 bits per heavy atom. The van der Waals surface area contributed by atoms with E-state index in [1.165, 1.54) is 19.8 Å². The quantitative estimate of drug-likeness (QED) is 0.754. The van der Waals surface area contributed by atoms with E-state index in [0.717, 1.165) is 12.0 Å². The summed E-state index contributed by atoms with van der Waals surface area (Å²) in [4.78, 5) is 0. The van der Waals surface area contributed by atoms with Gasteiger partial charge in [0.05, 0.1) is 0 Å². The van der Waals surface area contributed by atoms with E-state index in [1.54, 1.807) is 0 Å². The van der Waals surface area contributed by atoms with Crippen LogP contribution in [0.3, 0.4) is 0 Å². The highest BCUT2D eigenvalue weighted by molar-refractivity contribution is 5.24. The van der Waals surface area contributed by atoms with E-state index < -0.39 is 12.4 Å². The molecule has 0 saturated carbocycles. The smallest absolute Gasteiger partial charge is 0.187 e. The second kappa shape index (κ2) is 5.85. The maximum absolute atomic E-state index is 9.89. The molecule has 0 fully saturated rings. The molecule has 1 rings (SSSR count). The first-order valence-electron chi connectivity index (χ1n) is 5.05. The lowest BCUT2D eigenvalue weighted by Gasteiger charge is -2.20. The molecule has 0 spiro atoms. The number of aliphatic hydroxyl groups is 1. The monoisotopic (exact) mass is 210 g/mol. The van der Waals surface area contributed by atoms with E-state index in [4.69, 9.17) is 9.47 Å². The SMILES string of the molecule is CCc1ccc(C(O)C(OC)OC)cc1. The summed E-state index contributed by atoms with van der Waals surface area (Å²) in [6.07, 6.45) is -0.364. The van der Waals surface area contributed by atoms with Gasteiger partial charge in [-0.2, -0.15) is 0 Å². The molecule has 3 nitrogen and oxygen atoms in total. The van der Waals surface area contributed by atoms with Crippen LogP contribution in [0.2, 0.25) is 0 Å². The van der Waals surface area contributed by atoms with Gasteiger partial charge in [-0.1, -0.05) is 31.2 Å². The van der Waals surface area contributed by atoms with Crippen molar-refractivity contribution in [3.05, 3.63) is 35.4 Å². The zero-order valence-electron chi connectivity index (χ0n) is 9.43. The van der Waals surface area contributed by atoms with Crippen molar-refractivity contribution in [1.29, 1.82) is 0 Å². The fourth-order valence-electron chi connectivity index (χ4n) is 1.46. The Bertz CT molecular complexity index is 277. The maximum atomic E-state index is 9.89. The molecule has 0 aliphatic rings. The Labute approximate surface area is 90.6 Å². The zero-order chi connectivity index (χ0) is 11.3. The minimum absolute atomic E-state index is 0.613. The van der Waals surface area contributed by atoms with Crippen molar-refractivity contribution in [2.75, 3.05) is 14.2 Å². The minimum atomic E-state index is -0.745. The van der Waals surface area contributed by atoms with E-state index in [1.807, 2.05) is 24.3 Å². The number of methoxy groups -OCH3 is 2. The molecular weight excluding hydrogens is 192 g/mol. The number of benzene rings is 1. The van der Waals surface area contributed by atoms with Gasteiger partial charge in [0.2, 0.25) is 0 Å². The lowest BCUT2D eigenvalue weighted by atomic mass is 10.1. The van der Waals surface area contributed by atoms with E-state index in [0.29, 0.717) is 0 Å². The summed E-state index contributed by atoms with van der Waals surface area (Å²) in [5.41, 5.74) is 2.05. The highest BCUT2D eigenvalue weighted by atomic mass is 16.7. The number of hydrogen-bond acceptors (Lipinski definition) is 3.